The van der Waals surface area contributed by atoms with E-state index in [0.717, 1.165) is 12.1 Å². The number of anilines is 2. The summed E-state index contributed by atoms with van der Waals surface area (Å²) in [6.07, 6.45) is 1.09. The van der Waals surface area contributed by atoms with E-state index in [2.05, 4.69) is 15.6 Å². The smallest absolute Gasteiger partial charge is 0.273 e. The normalized spacial score (nSPS) is 11.7. The zero-order valence-corrected chi connectivity index (χ0v) is 18.5. The van der Waals surface area contributed by atoms with E-state index in [9.17, 15) is 9.59 Å². The van der Waals surface area contributed by atoms with E-state index in [0.29, 0.717) is 35.5 Å². The van der Waals surface area contributed by atoms with Crippen molar-refractivity contribution in [1.82, 2.24) is 15.2 Å². The molecule has 0 aliphatic heterocycles. The van der Waals surface area contributed by atoms with Gasteiger partial charge in [0.25, 0.3) is 5.91 Å². The fraction of sp³-hybridized carbons (Fsp3) is 0.450. The second-order valence-electron chi connectivity index (χ2n) is 6.55. The molecule has 0 saturated carbocycles. The average Bonchev–Trinajstić information content (AvgIpc) is 3.17. The maximum Gasteiger partial charge on any atom is 0.273 e. The standard InChI is InChI=1S/C20H27ClN4O3S/c1-4-14(2)22-18(26)9-10-25(11-12-28-3)19(27)17-13-29-20(24-17)23-16-8-6-5-7-15(16)21/h5-8,13-14H,4,9-12H2,1-3H3,(H,22,26)(H,23,24)/t14-/m0/s1. The van der Waals surface area contributed by atoms with Crippen LogP contribution in [0.15, 0.2) is 29.6 Å². The molecular weight excluding hydrogens is 412 g/mol. The van der Waals surface area contributed by atoms with E-state index < -0.39 is 0 Å². The number of amides is 2. The Labute approximate surface area is 180 Å². The molecule has 0 spiro atoms. The number of rotatable bonds is 11. The molecule has 1 atom stereocenters. The van der Waals surface area contributed by atoms with Crippen molar-refractivity contribution in [2.75, 3.05) is 32.1 Å². The van der Waals surface area contributed by atoms with Crippen LogP contribution in [0.2, 0.25) is 5.02 Å². The van der Waals surface area contributed by atoms with Crippen molar-refractivity contribution in [2.24, 2.45) is 0 Å². The lowest BCUT2D eigenvalue weighted by Gasteiger charge is -2.21. The molecule has 7 nitrogen and oxygen atoms in total. The number of para-hydroxylation sites is 1. The lowest BCUT2D eigenvalue weighted by Crippen LogP contribution is -2.39. The maximum atomic E-state index is 12.9. The molecule has 0 aliphatic carbocycles. The number of aromatic nitrogens is 1. The number of carbonyl (C=O) groups excluding carboxylic acids is 2. The number of halogens is 1. The first-order chi connectivity index (χ1) is 13.9. The minimum Gasteiger partial charge on any atom is -0.383 e. The monoisotopic (exact) mass is 438 g/mol. The molecule has 2 aromatic rings. The number of carbonyl (C=O) groups is 2. The van der Waals surface area contributed by atoms with Crippen molar-refractivity contribution in [2.45, 2.75) is 32.7 Å². The Morgan fingerprint density at radius 3 is 2.76 bits per heavy atom. The number of thiazole rings is 1. The number of nitrogens with one attached hydrogen (secondary N) is 2. The first-order valence-electron chi connectivity index (χ1n) is 9.49. The van der Waals surface area contributed by atoms with Crippen LogP contribution in [0.3, 0.4) is 0 Å². The van der Waals surface area contributed by atoms with Crippen LogP contribution >= 0.6 is 22.9 Å². The van der Waals surface area contributed by atoms with E-state index in [-0.39, 0.29) is 24.3 Å². The highest BCUT2D eigenvalue weighted by molar-refractivity contribution is 7.14. The first kappa shape index (κ1) is 23.1. The summed E-state index contributed by atoms with van der Waals surface area (Å²) in [5.41, 5.74) is 1.04. The van der Waals surface area contributed by atoms with Gasteiger partial charge < -0.3 is 20.3 Å². The van der Waals surface area contributed by atoms with E-state index >= 15 is 0 Å². The van der Waals surface area contributed by atoms with Gasteiger partial charge >= 0.3 is 0 Å². The molecule has 1 aromatic heterocycles. The Morgan fingerprint density at radius 2 is 2.07 bits per heavy atom. The summed E-state index contributed by atoms with van der Waals surface area (Å²) in [5, 5.41) is 8.88. The molecule has 2 N–H and O–H groups in total. The summed E-state index contributed by atoms with van der Waals surface area (Å²) in [6, 6.07) is 7.44. The van der Waals surface area contributed by atoms with Gasteiger partial charge in [0, 0.05) is 38.0 Å². The SMILES string of the molecule is CC[C@H](C)NC(=O)CCN(CCOC)C(=O)c1csc(Nc2ccccc2Cl)n1. The van der Waals surface area contributed by atoms with Crippen LogP contribution in [0, 0.1) is 0 Å². The van der Waals surface area contributed by atoms with Crippen LogP contribution in [0.25, 0.3) is 0 Å². The van der Waals surface area contributed by atoms with E-state index in [4.69, 9.17) is 16.3 Å². The van der Waals surface area contributed by atoms with Crippen molar-refractivity contribution in [1.29, 1.82) is 0 Å². The topological polar surface area (TPSA) is 83.6 Å². The number of nitrogens with zero attached hydrogens (tertiary/aromatic N) is 2. The fourth-order valence-corrected chi connectivity index (χ4v) is 3.35. The van der Waals surface area contributed by atoms with Gasteiger partial charge in [0.05, 0.1) is 17.3 Å². The molecule has 0 saturated heterocycles. The zero-order chi connectivity index (χ0) is 21.2. The van der Waals surface area contributed by atoms with Crippen molar-refractivity contribution < 1.29 is 14.3 Å². The lowest BCUT2D eigenvalue weighted by atomic mass is 10.2. The second kappa shape index (κ2) is 11.7. The van der Waals surface area contributed by atoms with Gasteiger partial charge in [-0.05, 0) is 25.5 Å². The number of hydrogen-bond acceptors (Lipinski definition) is 6. The Bertz CT molecular complexity index is 815. The van der Waals surface area contributed by atoms with Crippen LogP contribution in [0.5, 0.6) is 0 Å². The minimum absolute atomic E-state index is 0.0751. The number of benzene rings is 1. The number of hydrogen-bond donors (Lipinski definition) is 2. The lowest BCUT2D eigenvalue weighted by molar-refractivity contribution is -0.121. The minimum atomic E-state index is -0.234. The number of ether oxygens (including phenoxy) is 1. The third-order valence-corrected chi connectivity index (χ3v) is 5.41. The van der Waals surface area contributed by atoms with Crippen molar-refractivity contribution >= 4 is 45.6 Å². The third-order valence-electron chi connectivity index (χ3n) is 4.32. The van der Waals surface area contributed by atoms with Crippen molar-refractivity contribution in [3.63, 3.8) is 0 Å². The van der Waals surface area contributed by atoms with E-state index in [1.165, 1.54) is 11.3 Å². The average molecular weight is 439 g/mol. The van der Waals surface area contributed by atoms with Gasteiger partial charge in [-0.15, -0.1) is 11.3 Å². The van der Waals surface area contributed by atoms with Crippen LogP contribution in [0.1, 0.15) is 37.2 Å². The molecule has 0 unspecified atom stereocenters. The van der Waals surface area contributed by atoms with Crippen LogP contribution < -0.4 is 10.6 Å². The van der Waals surface area contributed by atoms with Gasteiger partial charge in [0.15, 0.2) is 5.13 Å². The summed E-state index contributed by atoms with van der Waals surface area (Å²) in [4.78, 5) is 30.9. The van der Waals surface area contributed by atoms with Crippen molar-refractivity contribution in [3.05, 3.63) is 40.4 Å². The maximum absolute atomic E-state index is 12.9. The molecule has 0 aliphatic rings. The zero-order valence-electron chi connectivity index (χ0n) is 16.9. The largest absolute Gasteiger partial charge is 0.383 e. The van der Waals surface area contributed by atoms with E-state index in [1.54, 1.807) is 23.5 Å². The second-order valence-corrected chi connectivity index (χ2v) is 7.82. The highest BCUT2D eigenvalue weighted by Gasteiger charge is 2.20. The predicted octanol–water partition coefficient (Wildman–Crippen LogP) is 3.93. The Balaban J connectivity index is 2.02. The number of methoxy groups -OCH3 is 1. The van der Waals surface area contributed by atoms with Crippen LogP contribution in [-0.4, -0.2) is 54.5 Å². The van der Waals surface area contributed by atoms with Gasteiger partial charge in [-0.25, -0.2) is 4.98 Å². The Kier molecular flexibility index (Phi) is 9.37. The summed E-state index contributed by atoms with van der Waals surface area (Å²) < 4.78 is 5.11. The molecule has 158 valence electrons. The fourth-order valence-electron chi connectivity index (χ4n) is 2.47. The molecule has 1 aromatic carbocycles. The molecule has 0 bridgehead atoms. The first-order valence-corrected chi connectivity index (χ1v) is 10.7. The summed E-state index contributed by atoms with van der Waals surface area (Å²) in [7, 11) is 1.58. The van der Waals surface area contributed by atoms with Crippen molar-refractivity contribution in [3.8, 4) is 0 Å². The molecule has 9 heteroatoms. The molecular formula is C20H27ClN4O3S. The van der Waals surface area contributed by atoms with Crippen LogP contribution in [0.4, 0.5) is 10.8 Å². The Hall–Kier alpha value is -2.16. The molecule has 0 fully saturated rings. The molecule has 1 heterocycles. The third kappa shape index (κ3) is 7.30. The summed E-state index contributed by atoms with van der Waals surface area (Å²) in [5.74, 6) is -0.309. The molecule has 2 amide bonds. The van der Waals surface area contributed by atoms with Gasteiger partial charge in [0.2, 0.25) is 5.91 Å². The highest BCUT2D eigenvalue weighted by atomic mass is 35.5. The Morgan fingerprint density at radius 1 is 1.31 bits per heavy atom. The molecule has 2 rings (SSSR count). The van der Waals surface area contributed by atoms with Gasteiger partial charge in [-0.3, -0.25) is 9.59 Å². The van der Waals surface area contributed by atoms with Gasteiger partial charge in [-0.1, -0.05) is 30.7 Å². The van der Waals surface area contributed by atoms with Gasteiger partial charge in [-0.2, -0.15) is 0 Å². The quantitative estimate of drug-likeness (QED) is 0.555. The van der Waals surface area contributed by atoms with Crippen LogP contribution in [-0.2, 0) is 9.53 Å². The molecule has 29 heavy (non-hydrogen) atoms. The predicted molar refractivity (Wildman–Crippen MR) is 117 cm³/mol. The highest BCUT2D eigenvalue weighted by Crippen LogP contribution is 2.27. The van der Waals surface area contributed by atoms with Gasteiger partial charge in [0.1, 0.15) is 5.69 Å². The summed E-state index contributed by atoms with van der Waals surface area (Å²) in [6.45, 7) is 5.03. The van der Waals surface area contributed by atoms with E-state index in [1.807, 2.05) is 32.0 Å². The summed E-state index contributed by atoms with van der Waals surface area (Å²) >= 11 is 7.48. The molecule has 0 radical (unpaired) electrons.